The highest BCUT2D eigenvalue weighted by atomic mass is 16.2. The number of hydrogen-bond acceptors (Lipinski definition) is 3. The van der Waals surface area contributed by atoms with Crippen LogP contribution in [0.25, 0.3) is 0 Å². The van der Waals surface area contributed by atoms with Gasteiger partial charge in [0.1, 0.15) is 0 Å². The molecule has 4 nitrogen and oxygen atoms in total. The molecule has 0 aliphatic carbocycles. The summed E-state index contributed by atoms with van der Waals surface area (Å²) in [6.07, 6.45) is 1.08. The first-order chi connectivity index (χ1) is 7.70. The number of carbonyl (C=O) groups excluding carboxylic acids is 1. The van der Waals surface area contributed by atoms with Gasteiger partial charge < -0.3 is 5.73 Å². The first kappa shape index (κ1) is 10.8. The fourth-order valence-electron chi connectivity index (χ4n) is 1.67. The Kier molecular flexibility index (Phi) is 3.01. The van der Waals surface area contributed by atoms with Crippen molar-refractivity contribution in [2.75, 3.05) is 11.6 Å². The second-order valence-electron chi connectivity index (χ2n) is 3.92. The molecule has 0 saturated carbocycles. The summed E-state index contributed by atoms with van der Waals surface area (Å²) in [5.41, 5.74) is 8.31. The molecule has 0 aromatic heterocycles. The summed E-state index contributed by atoms with van der Waals surface area (Å²) in [7, 11) is 0. The van der Waals surface area contributed by atoms with E-state index in [-0.39, 0.29) is 5.91 Å². The summed E-state index contributed by atoms with van der Waals surface area (Å²) in [5.74, 6) is 0.0207. The number of nitrogens with zero attached hydrogens (tertiary/aromatic N) is 2. The first-order valence-electron chi connectivity index (χ1n) is 5.37. The van der Waals surface area contributed by atoms with Crippen molar-refractivity contribution in [2.45, 2.75) is 19.8 Å². The Labute approximate surface area is 94.7 Å². The van der Waals surface area contributed by atoms with Crippen LogP contribution in [0.5, 0.6) is 0 Å². The standard InChI is InChI=1S/C12H15N3O/c1-9-2-4-11(5-3-9)15-12(16)8-10(14-15)6-7-13/h2-5H,6-8,13H2,1H3. The highest BCUT2D eigenvalue weighted by molar-refractivity contribution is 6.12. The van der Waals surface area contributed by atoms with Gasteiger partial charge in [-0.1, -0.05) is 17.7 Å². The van der Waals surface area contributed by atoms with E-state index in [4.69, 9.17) is 5.73 Å². The lowest BCUT2D eigenvalue weighted by molar-refractivity contribution is -0.116. The van der Waals surface area contributed by atoms with E-state index < -0.39 is 0 Å². The fraction of sp³-hybridized carbons (Fsp3) is 0.333. The van der Waals surface area contributed by atoms with Crippen LogP contribution in [0.3, 0.4) is 0 Å². The molecule has 2 N–H and O–H groups in total. The van der Waals surface area contributed by atoms with Gasteiger partial charge in [-0.15, -0.1) is 0 Å². The second kappa shape index (κ2) is 4.45. The quantitative estimate of drug-likeness (QED) is 0.832. The van der Waals surface area contributed by atoms with Gasteiger partial charge in [0.15, 0.2) is 0 Å². The Balaban J connectivity index is 2.21. The van der Waals surface area contributed by atoms with E-state index in [1.807, 2.05) is 31.2 Å². The van der Waals surface area contributed by atoms with E-state index in [1.54, 1.807) is 0 Å². The number of anilines is 1. The molecule has 0 atom stereocenters. The third-order valence-corrected chi connectivity index (χ3v) is 2.54. The van der Waals surface area contributed by atoms with Gasteiger partial charge in [0, 0.05) is 12.1 Å². The number of amides is 1. The molecule has 4 heteroatoms. The Morgan fingerprint density at radius 1 is 1.38 bits per heavy atom. The molecule has 2 rings (SSSR count). The maximum atomic E-state index is 11.7. The summed E-state index contributed by atoms with van der Waals surface area (Å²) in [6, 6.07) is 7.75. The minimum atomic E-state index is 0.0207. The van der Waals surface area contributed by atoms with E-state index in [2.05, 4.69) is 5.10 Å². The molecular formula is C12H15N3O. The topological polar surface area (TPSA) is 58.7 Å². The van der Waals surface area contributed by atoms with Gasteiger partial charge in [-0.25, -0.2) is 5.01 Å². The Bertz CT molecular complexity index is 422. The molecule has 1 aromatic carbocycles. The van der Waals surface area contributed by atoms with Gasteiger partial charge in [0.25, 0.3) is 5.91 Å². The molecule has 1 aromatic rings. The largest absolute Gasteiger partial charge is 0.330 e. The predicted octanol–water partition coefficient (Wildman–Crippen LogP) is 1.44. The summed E-state index contributed by atoms with van der Waals surface area (Å²) < 4.78 is 0. The number of carbonyl (C=O) groups is 1. The molecule has 0 spiro atoms. The third kappa shape index (κ3) is 2.12. The van der Waals surface area contributed by atoms with Crippen molar-refractivity contribution in [2.24, 2.45) is 10.8 Å². The van der Waals surface area contributed by atoms with Crippen molar-refractivity contribution in [3.8, 4) is 0 Å². The van der Waals surface area contributed by atoms with Crippen molar-refractivity contribution >= 4 is 17.3 Å². The van der Waals surface area contributed by atoms with Gasteiger partial charge in [0.2, 0.25) is 0 Å². The van der Waals surface area contributed by atoms with Gasteiger partial charge in [-0.2, -0.15) is 5.10 Å². The lowest BCUT2D eigenvalue weighted by atomic mass is 10.2. The van der Waals surface area contributed by atoms with Crippen LogP contribution in [0.4, 0.5) is 5.69 Å². The number of aryl methyl sites for hydroxylation is 1. The number of benzene rings is 1. The van der Waals surface area contributed by atoms with Crippen LogP contribution in [0.2, 0.25) is 0 Å². The van der Waals surface area contributed by atoms with E-state index in [0.717, 1.165) is 11.4 Å². The van der Waals surface area contributed by atoms with E-state index in [1.165, 1.54) is 10.6 Å². The molecule has 0 fully saturated rings. The van der Waals surface area contributed by atoms with Gasteiger partial charge in [0.05, 0.1) is 12.1 Å². The van der Waals surface area contributed by atoms with Gasteiger partial charge in [-0.3, -0.25) is 4.79 Å². The van der Waals surface area contributed by atoms with Gasteiger partial charge in [-0.05, 0) is 25.6 Å². The predicted molar refractivity (Wildman–Crippen MR) is 64.4 cm³/mol. The Morgan fingerprint density at radius 2 is 2.06 bits per heavy atom. The minimum Gasteiger partial charge on any atom is -0.330 e. The van der Waals surface area contributed by atoms with Crippen LogP contribution >= 0.6 is 0 Å². The Hall–Kier alpha value is -1.68. The van der Waals surface area contributed by atoms with Crippen LogP contribution in [0, 0.1) is 6.92 Å². The minimum absolute atomic E-state index is 0.0207. The number of rotatable bonds is 3. The fourth-order valence-corrected chi connectivity index (χ4v) is 1.67. The monoisotopic (exact) mass is 217 g/mol. The third-order valence-electron chi connectivity index (χ3n) is 2.54. The lowest BCUT2D eigenvalue weighted by Crippen LogP contribution is -2.19. The molecule has 1 amide bonds. The summed E-state index contributed by atoms with van der Waals surface area (Å²) in [4.78, 5) is 11.7. The highest BCUT2D eigenvalue weighted by Crippen LogP contribution is 2.21. The van der Waals surface area contributed by atoms with Crippen molar-refractivity contribution in [3.05, 3.63) is 29.8 Å². The smallest absolute Gasteiger partial charge is 0.253 e. The summed E-state index contributed by atoms with van der Waals surface area (Å²) in [5, 5.41) is 5.74. The Morgan fingerprint density at radius 3 is 2.69 bits per heavy atom. The maximum absolute atomic E-state index is 11.7. The van der Waals surface area contributed by atoms with Crippen molar-refractivity contribution in [1.82, 2.24) is 0 Å². The average Bonchev–Trinajstić information content (AvgIpc) is 2.61. The zero-order chi connectivity index (χ0) is 11.5. The lowest BCUT2D eigenvalue weighted by Gasteiger charge is -2.11. The van der Waals surface area contributed by atoms with Crippen LogP contribution in [-0.4, -0.2) is 18.2 Å². The van der Waals surface area contributed by atoms with E-state index in [0.29, 0.717) is 19.4 Å². The molecule has 0 saturated heterocycles. The van der Waals surface area contributed by atoms with Crippen molar-refractivity contribution in [3.63, 3.8) is 0 Å². The van der Waals surface area contributed by atoms with Crippen LogP contribution in [-0.2, 0) is 4.79 Å². The van der Waals surface area contributed by atoms with Crippen LogP contribution in [0.15, 0.2) is 29.4 Å². The molecule has 0 unspecified atom stereocenters. The number of hydrogen-bond donors (Lipinski definition) is 1. The average molecular weight is 217 g/mol. The maximum Gasteiger partial charge on any atom is 0.253 e. The second-order valence-corrected chi connectivity index (χ2v) is 3.92. The first-order valence-corrected chi connectivity index (χ1v) is 5.37. The molecule has 1 heterocycles. The molecule has 1 aliphatic heterocycles. The molecule has 0 radical (unpaired) electrons. The zero-order valence-corrected chi connectivity index (χ0v) is 9.31. The molecular weight excluding hydrogens is 202 g/mol. The molecule has 16 heavy (non-hydrogen) atoms. The highest BCUT2D eigenvalue weighted by Gasteiger charge is 2.24. The van der Waals surface area contributed by atoms with E-state index in [9.17, 15) is 4.79 Å². The zero-order valence-electron chi connectivity index (χ0n) is 9.31. The van der Waals surface area contributed by atoms with Crippen molar-refractivity contribution in [1.29, 1.82) is 0 Å². The summed E-state index contributed by atoms with van der Waals surface area (Å²) in [6.45, 7) is 2.55. The van der Waals surface area contributed by atoms with Crippen LogP contribution < -0.4 is 10.7 Å². The number of hydrazone groups is 1. The summed E-state index contributed by atoms with van der Waals surface area (Å²) >= 11 is 0. The van der Waals surface area contributed by atoms with Gasteiger partial charge >= 0.3 is 0 Å². The number of nitrogens with two attached hydrogens (primary N) is 1. The van der Waals surface area contributed by atoms with Crippen LogP contribution in [0.1, 0.15) is 18.4 Å². The molecule has 1 aliphatic rings. The van der Waals surface area contributed by atoms with Crippen molar-refractivity contribution < 1.29 is 4.79 Å². The normalized spacial score (nSPS) is 15.5. The molecule has 0 bridgehead atoms. The SMILES string of the molecule is Cc1ccc(N2N=C(CCN)CC2=O)cc1. The van der Waals surface area contributed by atoms with E-state index >= 15 is 0 Å². The molecule has 84 valence electrons.